The lowest BCUT2D eigenvalue weighted by Gasteiger charge is -2.04. The van der Waals surface area contributed by atoms with Crippen LogP contribution in [0.25, 0.3) is 0 Å². The van der Waals surface area contributed by atoms with E-state index in [2.05, 4.69) is 6.92 Å². The number of carbonyl (C=O) groups excluding carboxylic acids is 1. The van der Waals surface area contributed by atoms with Gasteiger partial charge in [-0.3, -0.25) is 4.79 Å². The van der Waals surface area contributed by atoms with Gasteiger partial charge in [-0.2, -0.15) is 0 Å². The van der Waals surface area contributed by atoms with Crippen LogP contribution in [0, 0.1) is 6.92 Å². The first-order valence-corrected chi connectivity index (χ1v) is 5.82. The van der Waals surface area contributed by atoms with Crippen molar-refractivity contribution in [3.63, 3.8) is 0 Å². The summed E-state index contributed by atoms with van der Waals surface area (Å²) in [5, 5.41) is 0.580. The lowest BCUT2D eigenvalue weighted by Crippen LogP contribution is -2.00. The highest BCUT2D eigenvalue weighted by Crippen LogP contribution is 2.20. The van der Waals surface area contributed by atoms with Gasteiger partial charge >= 0.3 is 0 Å². The van der Waals surface area contributed by atoms with E-state index in [9.17, 15) is 4.79 Å². The molecule has 0 atom stereocenters. The fourth-order valence-corrected chi connectivity index (χ4v) is 1.86. The first-order valence-electron chi connectivity index (χ1n) is 5.44. The van der Waals surface area contributed by atoms with Crippen LogP contribution in [0.2, 0.25) is 5.02 Å². The van der Waals surface area contributed by atoms with Crippen LogP contribution in [0.5, 0.6) is 0 Å². The highest BCUT2D eigenvalue weighted by Gasteiger charge is 2.09. The van der Waals surface area contributed by atoms with Crippen molar-refractivity contribution in [2.24, 2.45) is 0 Å². The highest BCUT2D eigenvalue weighted by atomic mass is 35.5. The average Bonchev–Trinajstić information content (AvgIpc) is 2.17. The van der Waals surface area contributed by atoms with Crippen LogP contribution in [0.15, 0.2) is 18.2 Å². The van der Waals surface area contributed by atoms with Gasteiger partial charge < -0.3 is 0 Å². The number of ketones is 1. The molecule has 1 aromatic rings. The SMILES string of the molecule is CCCCCC(=O)c1ccc(C)cc1Cl. The van der Waals surface area contributed by atoms with Gasteiger partial charge in [0, 0.05) is 12.0 Å². The van der Waals surface area contributed by atoms with E-state index in [1.54, 1.807) is 0 Å². The Labute approximate surface area is 96.5 Å². The maximum absolute atomic E-state index is 11.8. The maximum atomic E-state index is 11.8. The molecule has 0 amide bonds. The second-order valence-corrected chi connectivity index (χ2v) is 4.27. The summed E-state index contributed by atoms with van der Waals surface area (Å²) in [5.74, 6) is 0.161. The molecule has 0 unspecified atom stereocenters. The molecule has 1 nitrogen and oxygen atoms in total. The van der Waals surface area contributed by atoms with Gasteiger partial charge in [0.25, 0.3) is 0 Å². The molecule has 0 aliphatic heterocycles. The molecule has 1 rings (SSSR count). The lowest BCUT2D eigenvalue weighted by atomic mass is 10.0. The van der Waals surface area contributed by atoms with Gasteiger partial charge in [-0.1, -0.05) is 37.4 Å². The molecular formula is C13H17ClO. The quantitative estimate of drug-likeness (QED) is 0.535. The van der Waals surface area contributed by atoms with E-state index >= 15 is 0 Å². The molecule has 0 aliphatic rings. The predicted molar refractivity (Wildman–Crippen MR) is 64.7 cm³/mol. The standard InChI is InChI=1S/C13H17ClO/c1-3-4-5-6-13(15)11-8-7-10(2)9-12(11)14/h7-9H,3-6H2,1-2H3. The first-order chi connectivity index (χ1) is 7.15. The summed E-state index contributed by atoms with van der Waals surface area (Å²) in [6.07, 6.45) is 3.81. The van der Waals surface area contributed by atoms with E-state index in [0.717, 1.165) is 24.8 Å². The van der Waals surface area contributed by atoms with Crippen molar-refractivity contribution < 1.29 is 4.79 Å². The van der Waals surface area contributed by atoms with Crippen molar-refractivity contribution in [2.45, 2.75) is 39.5 Å². The number of hydrogen-bond donors (Lipinski definition) is 0. The van der Waals surface area contributed by atoms with Gasteiger partial charge in [0.15, 0.2) is 5.78 Å². The monoisotopic (exact) mass is 224 g/mol. The Morgan fingerprint density at radius 3 is 2.67 bits per heavy atom. The van der Waals surface area contributed by atoms with Crippen LogP contribution in [0.4, 0.5) is 0 Å². The van der Waals surface area contributed by atoms with Crippen molar-refractivity contribution in [3.05, 3.63) is 34.3 Å². The zero-order valence-electron chi connectivity index (χ0n) is 9.35. The number of hydrogen-bond acceptors (Lipinski definition) is 1. The van der Waals surface area contributed by atoms with E-state index in [0.29, 0.717) is 17.0 Å². The van der Waals surface area contributed by atoms with Gasteiger partial charge in [0.05, 0.1) is 5.02 Å². The van der Waals surface area contributed by atoms with E-state index in [-0.39, 0.29) is 5.78 Å². The highest BCUT2D eigenvalue weighted by molar-refractivity contribution is 6.34. The smallest absolute Gasteiger partial charge is 0.164 e. The minimum absolute atomic E-state index is 0.161. The number of unbranched alkanes of at least 4 members (excludes halogenated alkanes) is 2. The van der Waals surface area contributed by atoms with Crippen molar-refractivity contribution in [2.75, 3.05) is 0 Å². The molecule has 0 saturated carbocycles. The first kappa shape index (κ1) is 12.3. The Balaban J connectivity index is 2.65. The number of benzene rings is 1. The van der Waals surface area contributed by atoms with Crippen molar-refractivity contribution in [1.29, 1.82) is 0 Å². The second kappa shape index (κ2) is 5.92. The fraction of sp³-hybridized carbons (Fsp3) is 0.462. The zero-order valence-corrected chi connectivity index (χ0v) is 10.1. The molecular weight excluding hydrogens is 208 g/mol. The molecule has 0 aromatic heterocycles. The zero-order chi connectivity index (χ0) is 11.3. The van der Waals surface area contributed by atoms with Crippen LogP contribution in [-0.4, -0.2) is 5.78 Å². The Morgan fingerprint density at radius 2 is 2.07 bits per heavy atom. The normalized spacial score (nSPS) is 10.3. The average molecular weight is 225 g/mol. The summed E-state index contributed by atoms with van der Waals surface area (Å²) >= 11 is 6.02. The molecule has 0 saturated heterocycles. The summed E-state index contributed by atoms with van der Waals surface area (Å²) in [5.41, 5.74) is 1.75. The molecule has 0 fully saturated rings. The van der Waals surface area contributed by atoms with E-state index in [1.165, 1.54) is 0 Å². The van der Waals surface area contributed by atoms with Gasteiger partial charge in [-0.05, 0) is 31.0 Å². The molecule has 0 heterocycles. The molecule has 2 heteroatoms. The molecule has 15 heavy (non-hydrogen) atoms. The third-order valence-electron chi connectivity index (χ3n) is 2.43. The van der Waals surface area contributed by atoms with Gasteiger partial charge in [-0.25, -0.2) is 0 Å². The third-order valence-corrected chi connectivity index (χ3v) is 2.75. The Hall–Kier alpha value is -0.820. The predicted octanol–water partition coefficient (Wildman–Crippen LogP) is 4.41. The van der Waals surface area contributed by atoms with E-state index in [4.69, 9.17) is 11.6 Å². The summed E-state index contributed by atoms with van der Waals surface area (Å²) in [4.78, 5) is 11.8. The van der Waals surface area contributed by atoms with Crippen molar-refractivity contribution >= 4 is 17.4 Å². The molecule has 0 spiro atoms. The molecule has 0 N–H and O–H groups in total. The molecule has 0 bridgehead atoms. The largest absolute Gasteiger partial charge is 0.294 e. The van der Waals surface area contributed by atoms with Crippen LogP contribution in [-0.2, 0) is 0 Å². The summed E-state index contributed by atoms with van der Waals surface area (Å²) < 4.78 is 0. The van der Waals surface area contributed by atoms with Crippen LogP contribution in [0.1, 0.15) is 48.5 Å². The number of aryl methyl sites for hydroxylation is 1. The molecule has 82 valence electrons. The fourth-order valence-electron chi connectivity index (χ4n) is 1.52. The molecule has 0 aliphatic carbocycles. The summed E-state index contributed by atoms with van der Waals surface area (Å²) in [7, 11) is 0. The van der Waals surface area contributed by atoms with Crippen molar-refractivity contribution in [3.8, 4) is 0 Å². The topological polar surface area (TPSA) is 17.1 Å². The van der Waals surface area contributed by atoms with Crippen LogP contribution < -0.4 is 0 Å². The minimum atomic E-state index is 0.161. The minimum Gasteiger partial charge on any atom is -0.294 e. The second-order valence-electron chi connectivity index (χ2n) is 3.86. The van der Waals surface area contributed by atoms with E-state index < -0.39 is 0 Å². The summed E-state index contributed by atoms with van der Waals surface area (Å²) in [6, 6.07) is 5.60. The number of Topliss-reactive ketones (excluding diaryl/α,β-unsaturated/α-hetero) is 1. The Morgan fingerprint density at radius 1 is 1.33 bits per heavy atom. The lowest BCUT2D eigenvalue weighted by molar-refractivity contribution is 0.0979. The van der Waals surface area contributed by atoms with Gasteiger partial charge in [0.2, 0.25) is 0 Å². The maximum Gasteiger partial charge on any atom is 0.164 e. The van der Waals surface area contributed by atoms with Crippen LogP contribution >= 0.6 is 11.6 Å². The number of halogens is 1. The van der Waals surface area contributed by atoms with E-state index in [1.807, 2.05) is 25.1 Å². The Kier molecular flexibility index (Phi) is 4.83. The number of carbonyl (C=O) groups is 1. The molecule has 0 radical (unpaired) electrons. The van der Waals surface area contributed by atoms with Gasteiger partial charge in [-0.15, -0.1) is 0 Å². The van der Waals surface area contributed by atoms with Gasteiger partial charge in [0.1, 0.15) is 0 Å². The Bertz CT molecular complexity index is 344. The third kappa shape index (κ3) is 3.67. The summed E-state index contributed by atoms with van der Waals surface area (Å²) in [6.45, 7) is 4.10. The van der Waals surface area contributed by atoms with Crippen LogP contribution in [0.3, 0.4) is 0 Å². The molecule has 1 aromatic carbocycles. The number of rotatable bonds is 5. The van der Waals surface area contributed by atoms with Crippen molar-refractivity contribution in [1.82, 2.24) is 0 Å².